The molecule has 8 heteroatoms. The Morgan fingerprint density at radius 1 is 1.14 bits per heavy atom. The minimum atomic E-state index is -1.18. The summed E-state index contributed by atoms with van der Waals surface area (Å²) >= 11 is 0. The van der Waals surface area contributed by atoms with Crippen LogP contribution >= 0.6 is 0 Å². The van der Waals surface area contributed by atoms with Crippen molar-refractivity contribution in [1.82, 2.24) is 20.9 Å². The summed E-state index contributed by atoms with van der Waals surface area (Å²) in [5.74, 6) is -0.978. The summed E-state index contributed by atoms with van der Waals surface area (Å²) in [6, 6.07) is 7.00. The van der Waals surface area contributed by atoms with Gasteiger partial charge in [-0.3, -0.25) is 9.59 Å². The SMILES string of the molecule is CNC(=O)[C@H](Cc1c[nH]c2ccccc12)NC(=O)[C@@H](CNC(=O)O)CC(C)C. The molecule has 1 aromatic heterocycles. The molecule has 5 N–H and O–H groups in total. The first-order valence-electron chi connectivity index (χ1n) is 9.35. The second kappa shape index (κ2) is 9.77. The average Bonchev–Trinajstić information content (AvgIpc) is 3.06. The van der Waals surface area contributed by atoms with Crippen molar-refractivity contribution in [1.29, 1.82) is 0 Å². The highest BCUT2D eigenvalue weighted by atomic mass is 16.4. The number of aromatic amines is 1. The molecule has 0 bridgehead atoms. The average molecular weight is 388 g/mol. The molecule has 0 fully saturated rings. The number of amides is 3. The molecule has 0 aliphatic heterocycles. The number of benzene rings is 1. The zero-order chi connectivity index (χ0) is 20.7. The fourth-order valence-electron chi connectivity index (χ4n) is 3.26. The molecule has 0 unspecified atom stereocenters. The Kier molecular flexibility index (Phi) is 7.43. The van der Waals surface area contributed by atoms with E-state index < -0.39 is 18.1 Å². The Balaban J connectivity index is 2.16. The maximum absolute atomic E-state index is 12.8. The van der Waals surface area contributed by atoms with Crippen molar-refractivity contribution in [3.05, 3.63) is 36.0 Å². The first-order valence-corrected chi connectivity index (χ1v) is 9.35. The Morgan fingerprint density at radius 2 is 1.86 bits per heavy atom. The predicted molar refractivity (Wildman–Crippen MR) is 107 cm³/mol. The predicted octanol–water partition coefficient (Wildman–Crippen LogP) is 1.87. The third-order valence-corrected chi connectivity index (χ3v) is 4.60. The Hall–Kier alpha value is -3.03. The van der Waals surface area contributed by atoms with Crippen molar-refractivity contribution >= 4 is 28.8 Å². The van der Waals surface area contributed by atoms with Gasteiger partial charge in [0.05, 0.1) is 5.92 Å². The third-order valence-electron chi connectivity index (χ3n) is 4.60. The summed E-state index contributed by atoms with van der Waals surface area (Å²) in [5.41, 5.74) is 1.89. The Morgan fingerprint density at radius 3 is 2.50 bits per heavy atom. The van der Waals surface area contributed by atoms with Gasteiger partial charge in [0, 0.05) is 37.1 Å². The molecular weight excluding hydrogens is 360 g/mol. The van der Waals surface area contributed by atoms with Crippen LogP contribution in [0.25, 0.3) is 10.9 Å². The summed E-state index contributed by atoms with van der Waals surface area (Å²) in [4.78, 5) is 39.1. The van der Waals surface area contributed by atoms with Gasteiger partial charge in [0.2, 0.25) is 11.8 Å². The molecule has 1 aromatic carbocycles. The van der Waals surface area contributed by atoms with Crippen LogP contribution in [0.2, 0.25) is 0 Å². The van der Waals surface area contributed by atoms with Gasteiger partial charge < -0.3 is 26.0 Å². The van der Waals surface area contributed by atoms with E-state index in [2.05, 4.69) is 20.9 Å². The van der Waals surface area contributed by atoms with E-state index in [1.54, 1.807) is 0 Å². The number of para-hydroxylation sites is 1. The van der Waals surface area contributed by atoms with Crippen molar-refractivity contribution in [3.63, 3.8) is 0 Å². The standard InChI is InChI=1S/C20H28N4O4/c1-12(2)8-14(11-23-20(27)28)18(25)24-17(19(26)21-3)9-13-10-22-16-7-5-4-6-15(13)16/h4-7,10,12,14,17,22-23H,8-9,11H2,1-3H3,(H,21,26)(H,24,25)(H,27,28)/t14-,17+/m1/s1. The van der Waals surface area contributed by atoms with Crippen LogP contribution in [0.3, 0.4) is 0 Å². The lowest BCUT2D eigenvalue weighted by Crippen LogP contribution is -2.50. The maximum atomic E-state index is 12.8. The van der Waals surface area contributed by atoms with Crippen LogP contribution in [0.1, 0.15) is 25.8 Å². The first-order chi connectivity index (χ1) is 13.3. The molecule has 2 atom stereocenters. The van der Waals surface area contributed by atoms with Gasteiger partial charge >= 0.3 is 6.09 Å². The molecular formula is C20H28N4O4. The summed E-state index contributed by atoms with van der Waals surface area (Å²) in [7, 11) is 1.52. The zero-order valence-electron chi connectivity index (χ0n) is 16.4. The normalized spacial score (nSPS) is 13.1. The van der Waals surface area contributed by atoms with Gasteiger partial charge in [0.25, 0.3) is 0 Å². The van der Waals surface area contributed by atoms with E-state index in [-0.39, 0.29) is 24.3 Å². The van der Waals surface area contributed by atoms with Gasteiger partial charge in [-0.25, -0.2) is 4.79 Å². The second-order valence-corrected chi connectivity index (χ2v) is 7.25. The van der Waals surface area contributed by atoms with E-state index in [0.29, 0.717) is 12.8 Å². The monoisotopic (exact) mass is 388 g/mol. The number of carbonyl (C=O) groups excluding carboxylic acids is 2. The van der Waals surface area contributed by atoms with E-state index in [1.807, 2.05) is 44.3 Å². The number of fused-ring (bicyclic) bond motifs is 1. The number of H-pyrrole nitrogens is 1. The number of carbonyl (C=O) groups is 3. The highest BCUT2D eigenvalue weighted by Crippen LogP contribution is 2.19. The van der Waals surface area contributed by atoms with Gasteiger partial charge in [0.15, 0.2) is 0 Å². The van der Waals surface area contributed by atoms with Crippen molar-refractivity contribution in [2.45, 2.75) is 32.7 Å². The Bertz CT molecular complexity index is 830. The van der Waals surface area contributed by atoms with Crippen LogP contribution in [0, 0.1) is 11.8 Å². The number of likely N-dealkylation sites (N-methyl/N-ethyl adjacent to an activating group) is 1. The molecule has 2 rings (SSSR count). The minimum Gasteiger partial charge on any atom is -0.465 e. The molecule has 0 aliphatic rings. The smallest absolute Gasteiger partial charge is 0.404 e. The highest BCUT2D eigenvalue weighted by Gasteiger charge is 2.27. The molecule has 0 saturated heterocycles. The molecule has 8 nitrogen and oxygen atoms in total. The van der Waals surface area contributed by atoms with Crippen LogP contribution in [-0.4, -0.2) is 47.6 Å². The molecule has 0 spiro atoms. The Labute approximate surface area is 164 Å². The minimum absolute atomic E-state index is 0.00684. The fourth-order valence-corrected chi connectivity index (χ4v) is 3.26. The van der Waals surface area contributed by atoms with E-state index >= 15 is 0 Å². The lowest BCUT2D eigenvalue weighted by Gasteiger charge is -2.23. The number of rotatable bonds is 9. The number of hydrogen-bond donors (Lipinski definition) is 5. The molecule has 0 saturated carbocycles. The summed E-state index contributed by atoms with van der Waals surface area (Å²) in [6.45, 7) is 3.93. The molecule has 1 heterocycles. The summed E-state index contributed by atoms with van der Waals surface area (Å²) < 4.78 is 0. The van der Waals surface area contributed by atoms with Crippen molar-refractivity contribution in [3.8, 4) is 0 Å². The van der Waals surface area contributed by atoms with Gasteiger partial charge in [-0.05, 0) is 24.0 Å². The largest absolute Gasteiger partial charge is 0.465 e. The topological polar surface area (TPSA) is 123 Å². The maximum Gasteiger partial charge on any atom is 0.404 e. The van der Waals surface area contributed by atoms with Crippen LogP contribution < -0.4 is 16.0 Å². The van der Waals surface area contributed by atoms with Crippen molar-refractivity contribution < 1.29 is 19.5 Å². The molecule has 3 amide bonds. The van der Waals surface area contributed by atoms with E-state index in [4.69, 9.17) is 5.11 Å². The third kappa shape index (κ3) is 5.73. The highest BCUT2D eigenvalue weighted by molar-refractivity contribution is 5.90. The van der Waals surface area contributed by atoms with Crippen LogP contribution in [0.4, 0.5) is 4.79 Å². The van der Waals surface area contributed by atoms with E-state index in [1.165, 1.54) is 7.05 Å². The number of carboxylic acid groups (broad SMARTS) is 1. The second-order valence-electron chi connectivity index (χ2n) is 7.25. The lowest BCUT2D eigenvalue weighted by molar-refractivity contribution is -0.131. The van der Waals surface area contributed by atoms with E-state index in [9.17, 15) is 14.4 Å². The van der Waals surface area contributed by atoms with Gasteiger partial charge in [-0.1, -0.05) is 32.0 Å². The number of nitrogens with one attached hydrogen (secondary N) is 4. The molecule has 28 heavy (non-hydrogen) atoms. The summed E-state index contributed by atoms with van der Waals surface area (Å²) in [6.07, 6.45) is 1.50. The molecule has 0 radical (unpaired) electrons. The number of hydrogen-bond acceptors (Lipinski definition) is 3. The van der Waals surface area contributed by atoms with Gasteiger partial charge in [0.1, 0.15) is 6.04 Å². The van der Waals surface area contributed by atoms with Gasteiger partial charge in [-0.15, -0.1) is 0 Å². The fraction of sp³-hybridized carbons (Fsp3) is 0.450. The van der Waals surface area contributed by atoms with Gasteiger partial charge in [-0.2, -0.15) is 0 Å². The molecule has 2 aromatic rings. The zero-order valence-corrected chi connectivity index (χ0v) is 16.4. The van der Waals surface area contributed by atoms with Crippen LogP contribution in [0.15, 0.2) is 30.5 Å². The number of aromatic nitrogens is 1. The van der Waals surface area contributed by atoms with Crippen molar-refractivity contribution in [2.24, 2.45) is 11.8 Å². The van der Waals surface area contributed by atoms with Crippen LogP contribution in [-0.2, 0) is 16.0 Å². The lowest BCUT2D eigenvalue weighted by atomic mass is 9.95. The molecule has 152 valence electrons. The summed E-state index contributed by atoms with van der Waals surface area (Å²) in [5, 5.41) is 17.5. The first kappa shape index (κ1) is 21.3. The van der Waals surface area contributed by atoms with Crippen molar-refractivity contribution in [2.75, 3.05) is 13.6 Å². The van der Waals surface area contributed by atoms with E-state index in [0.717, 1.165) is 16.5 Å². The molecule has 0 aliphatic carbocycles. The quantitative estimate of drug-likeness (QED) is 0.450. The van der Waals surface area contributed by atoms with Crippen LogP contribution in [0.5, 0.6) is 0 Å².